The van der Waals surface area contributed by atoms with Crippen LogP contribution in [-0.4, -0.2) is 74.6 Å². The number of carbonyl (C=O) groups excluding carboxylic acids is 2. The van der Waals surface area contributed by atoms with E-state index in [2.05, 4.69) is 5.32 Å². The summed E-state index contributed by atoms with van der Waals surface area (Å²) in [5, 5.41) is 2.51. The molecule has 1 aromatic carbocycles. The Hall–Kier alpha value is -2.34. The quantitative estimate of drug-likeness (QED) is 0.782. The fourth-order valence-corrected chi connectivity index (χ4v) is 3.92. The summed E-state index contributed by atoms with van der Waals surface area (Å²) >= 11 is 0. The van der Waals surface area contributed by atoms with Gasteiger partial charge in [0.05, 0.1) is 4.90 Å². The zero-order chi connectivity index (χ0) is 21.2. The van der Waals surface area contributed by atoms with Gasteiger partial charge in [-0.3, -0.25) is 4.79 Å². The Morgan fingerprint density at radius 2 is 1.62 bits per heavy atom. The van der Waals surface area contributed by atoms with Crippen molar-refractivity contribution in [2.75, 3.05) is 38.1 Å². The number of anilines is 1. The first-order valence-electron chi connectivity index (χ1n) is 8.97. The molecule has 0 unspecified atom stereocenters. The van der Waals surface area contributed by atoms with Gasteiger partial charge < -0.3 is 19.9 Å². The van der Waals surface area contributed by atoms with E-state index < -0.39 is 32.4 Å². The number of hydrogen-bond donors (Lipinski definition) is 1. The molecule has 8 nitrogen and oxygen atoms in total. The van der Waals surface area contributed by atoms with E-state index in [1.807, 2.05) is 0 Å². The fraction of sp³-hybridized carbons (Fsp3) is 0.529. The van der Waals surface area contributed by atoms with Gasteiger partial charge in [0.1, 0.15) is 6.10 Å². The second-order valence-corrected chi connectivity index (χ2v) is 8.66. The molecule has 0 aliphatic carbocycles. The third kappa shape index (κ3) is 4.64. The predicted octanol–water partition coefficient (Wildman–Crippen LogP) is 1.84. The van der Waals surface area contributed by atoms with Gasteiger partial charge >= 0.3 is 11.5 Å². The number of amides is 3. The Bertz CT molecular complexity index is 859. The van der Waals surface area contributed by atoms with Crippen LogP contribution in [0.15, 0.2) is 29.2 Å². The first-order chi connectivity index (χ1) is 13.6. The molecule has 0 aromatic heterocycles. The van der Waals surface area contributed by atoms with Crippen LogP contribution in [0.3, 0.4) is 0 Å². The van der Waals surface area contributed by atoms with Crippen molar-refractivity contribution in [3.8, 4) is 0 Å². The summed E-state index contributed by atoms with van der Waals surface area (Å²) in [5.41, 5.74) is -5.23. The van der Waals surface area contributed by atoms with Crippen molar-refractivity contribution in [1.29, 1.82) is 0 Å². The highest BCUT2D eigenvalue weighted by atomic mass is 32.2. The topological polar surface area (TPSA) is 96.0 Å². The number of benzene rings is 1. The van der Waals surface area contributed by atoms with Crippen LogP contribution in [0, 0.1) is 0 Å². The van der Waals surface area contributed by atoms with Crippen LogP contribution in [0.1, 0.15) is 12.8 Å². The number of halogens is 3. The average molecular weight is 435 g/mol. The molecule has 0 radical (unpaired) electrons. The summed E-state index contributed by atoms with van der Waals surface area (Å²) < 4.78 is 65.8. The zero-order valence-electron chi connectivity index (χ0n) is 15.3. The van der Waals surface area contributed by atoms with Crippen molar-refractivity contribution in [3.63, 3.8) is 0 Å². The van der Waals surface area contributed by atoms with Gasteiger partial charge in [0, 0.05) is 38.5 Å². The van der Waals surface area contributed by atoms with Crippen molar-refractivity contribution in [3.05, 3.63) is 24.3 Å². The number of carbonyl (C=O) groups is 2. The second-order valence-electron chi connectivity index (χ2n) is 6.72. The smallest absolute Gasteiger partial charge is 0.368 e. The molecule has 12 heteroatoms. The summed E-state index contributed by atoms with van der Waals surface area (Å²) in [6.07, 6.45) is 1.13. The molecule has 1 atom stereocenters. The number of hydrogen-bond acceptors (Lipinski definition) is 5. The highest BCUT2D eigenvalue weighted by Crippen LogP contribution is 2.30. The van der Waals surface area contributed by atoms with Crippen molar-refractivity contribution < 1.29 is 35.9 Å². The lowest BCUT2D eigenvalue weighted by Gasteiger charge is -2.35. The van der Waals surface area contributed by atoms with Crippen molar-refractivity contribution in [1.82, 2.24) is 9.80 Å². The molecular formula is C17H20F3N3O5S. The van der Waals surface area contributed by atoms with Gasteiger partial charge in [-0.15, -0.1) is 0 Å². The van der Waals surface area contributed by atoms with Gasteiger partial charge in [-0.1, -0.05) is 0 Å². The molecule has 2 aliphatic heterocycles. The summed E-state index contributed by atoms with van der Waals surface area (Å²) in [6.45, 7) is 1.88. The summed E-state index contributed by atoms with van der Waals surface area (Å²) in [4.78, 5) is 26.9. The number of ether oxygens (including phenoxy) is 1. The summed E-state index contributed by atoms with van der Waals surface area (Å²) in [6, 6.07) is 3.27. The molecule has 1 aromatic rings. The number of sulfone groups is 1. The maximum atomic E-state index is 12.6. The predicted molar refractivity (Wildman–Crippen MR) is 95.8 cm³/mol. The van der Waals surface area contributed by atoms with Gasteiger partial charge in [0.15, 0.2) is 0 Å². The number of urea groups is 1. The molecule has 2 heterocycles. The minimum Gasteiger partial charge on any atom is -0.368 e. The second kappa shape index (κ2) is 8.19. The maximum absolute atomic E-state index is 12.6. The van der Waals surface area contributed by atoms with Gasteiger partial charge in [0.25, 0.3) is 15.7 Å². The van der Waals surface area contributed by atoms with E-state index in [4.69, 9.17) is 4.74 Å². The van der Waals surface area contributed by atoms with Crippen LogP contribution in [0.4, 0.5) is 23.7 Å². The monoisotopic (exact) mass is 435 g/mol. The van der Waals surface area contributed by atoms with E-state index in [9.17, 15) is 31.2 Å². The van der Waals surface area contributed by atoms with Crippen LogP contribution in [-0.2, 0) is 19.4 Å². The molecular weight excluding hydrogens is 415 g/mol. The van der Waals surface area contributed by atoms with Gasteiger partial charge in [-0.05, 0) is 37.1 Å². The fourth-order valence-electron chi connectivity index (χ4n) is 3.16. The number of alkyl halides is 3. The van der Waals surface area contributed by atoms with Crippen LogP contribution in [0.25, 0.3) is 0 Å². The van der Waals surface area contributed by atoms with Crippen molar-refractivity contribution in [2.24, 2.45) is 0 Å². The van der Waals surface area contributed by atoms with E-state index in [1.165, 1.54) is 4.90 Å². The summed E-state index contributed by atoms with van der Waals surface area (Å²) in [7, 11) is -5.43. The SMILES string of the molecule is O=C(Nc1ccc(S(=O)(=O)C(F)(F)F)cc1)N1CCN(C(=O)[C@@H]2CCCO2)CC1. The highest BCUT2D eigenvalue weighted by Gasteiger charge is 2.46. The van der Waals surface area contributed by atoms with Gasteiger partial charge in [-0.25, -0.2) is 13.2 Å². The Morgan fingerprint density at radius 3 is 2.14 bits per heavy atom. The zero-order valence-corrected chi connectivity index (χ0v) is 16.1. The first-order valence-corrected chi connectivity index (χ1v) is 10.5. The Morgan fingerprint density at radius 1 is 1.03 bits per heavy atom. The van der Waals surface area contributed by atoms with Crippen LogP contribution >= 0.6 is 0 Å². The number of nitrogens with one attached hydrogen (secondary N) is 1. The average Bonchev–Trinajstić information content (AvgIpc) is 3.22. The van der Waals surface area contributed by atoms with E-state index in [0.29, 0.717) is 39.2 Å². The van der Waals surface area contributed by atoms with Crippen LogP contribution < -0.4 is 5.32 Å². The first kappa shape index (κ1) is 21.4. The molecule has 0 bridgehead atoms. The lowest BCUT2D eigenvalue weighted by molar-refractivity contribution is -0.142. The standard InChI is InChI=1S/C17H20F3N3O5S/c18-17(19,20)29(26,27)13-5-3-12(4-6-13)21-16(25)23-9-7-22(8-10-23)15(24)14-2-1-11-28-14/h3-6,14H,1-2,7-11H2,(H,21,25)/t14-/m0/s1. The minimum atomic E-state index is -5.43. The largest absolute Gasteiger partial charge is 0.501 e. The third-order valence-corrected chi connectivity index (χ3v) is 6.31. The maximum Gasteiger partial charge on any atom is 0.501 e. The highest BCUT2D eigenvalue weighted by molar-refractivity contribution is 7.92. The van der Waals surface area contributed by atoms with Gasteiger partial charge in [-0.2, -0.15) is 13.2 Å². The molecule has 0 spiro atoms. The molecule has 160 valence electrons. The lowest BCUT2D eigenvalue weighted by atomic mass is 10.2. The van der Waals surface area contributed by atoms with E-state index in [1.54, 1.807) is 4.90 Å². The van der Waals surface area contributed by atoms with Gasteiger partial charge in [0.2, 0.25) is 0 Å². The molecule has 2 saturated heterocycles. The molecule has 0 saturated carbocycles. The van der Waals surface area contributed by atoms with Crippen LogP contribution in [0.5, 0.6) is 0 Å². The number of piperazine rings is 1. The number of nitrogens with zero attached hydrogens (tertiary/aromatic N) is 2. The van der Waals surface area contributed by atoms with Crippen LogP contribution in [0.2, 0.25) is 0 Å². The van der Waals surface area contributed by atoms with Crippen molar-refractivity contribution >= 4 is 27.5 Å². The number of rotatable bonds is 3. The van der Waals surface area contributed by atoms with E-state index in [-0.39, 0.29) is 11.6 Å². The molecule has 1 N–H and O–H groups in total. The lowest BCUT2D eigenvalue weighted by Crippen LogP contribution is -2.53. The van der Waals surface area contributed by atoms with Crippen molar-refractivity contribution in [2.45, 2.75) is 29.3 Å². The Balaban J connectivity index is 1.54. The molecule has 2 fully saturated rings. The molecule has 2 aliphatic rings. The normalized spacial score (nSPS) is 20.6. The molecule has 3 amide bonds. The Labute approximate surface area is 165 Å². The Kier molecular flexibility index (Phi) is 6.03. The van der Waals surface area contributed by atoms with E-state index in [0.717, 1.165) is 30.7 Å². The molecule has 3 rings (SSSR count). The van der Waals surface area contributed by atoms with E-state index >= 15 is 0 Å². The molecule has 29 heavy (non-hydrogen) atoms. The minimum absolute atomic E-state index is 0.0796. The summed E-state index contributed by atoms with van der Waals surface area (Å²) in [5.74, 6) is -0.0796. The third-order valence-electron chi connectivity index (χ3n) is 4.80.